The number of alkyl halides is 1. The molecule has 1 saturated carbocycles. The smallest absolute Gasteiger partial charge is 0.0863 e. The van der Waals surface area contributed by atoms with E-state index >= 15 is 0 Å². The molecule has 1 aliphatic carbocycles. The van der Waals surface area contributed by atoms with E-state index in [0.29, 0.717) is 6.04 Å². The van der Waals surface area contributed by atoms with Gasteiger partial charge in [0, 0.05) is 25.0 Å². The molecule has 102 valence electrons. The first-order valence-corrected chi connectivity index (χ1v) is 7.27. The standard InChI is InChI=1S/C13H21Cl2N3/c1-5-8-12(15)9(18(4)17-8)7-16-11-6-10(14)13(11,2)3/h10-11,16H,5-7H2,1-4H3. The molecule has 1 aliphatic rings. The molecule has 1 aromatic rings. The van der Waals surface area contributed by atoms with Crippen molar-refractivity contribution in [2.45, 2.75) is 51.6 Å². The van der Waals surface area contributed by atoms with E-state index in [0.717, 1.165) is 35.8 Å². The molecule has 2 atom stereocenters. The monoisotopic (exact) mass is 289 g/mol. The van der Waals surface area contributed by atoms with Crippen LogP contribution in [0.15, 0.2) is 0 Å². The molecule has 0 aromatic carbocycles. The third-order valence-electron chi connectivity index (χ3n) is 4.17. The summed E-state index contributed by atoms with van der Waals surface area (Å²) in [5, 5.41) is 9.03. The number of nitrogens with zero attached hydrogens (tertiary/aromatic N) is 2. The molecular formula is C13H21Cl2N3. The van der Waals surface area contributed by atoms with E-state index in [4.69, 9.17) is 23.2 Å². The number of aryl methyl sites for hydroxylation is 2. The van der Waals surface area contributed by atoms with Crippen LogP contribution in [0, 0.1) is 5.41 Å². The Bertz CT molecular complexity index is 440. The number of hydrogen-bond acceptors (Lipinski definition) is 2. The average Bonchev–Trinajstić information content (AvgIpc) is 2.60. The first-order chi connectivity index (χ1) is 8.37. The summed E-state index contributed by atoms with van der Waals surface area (Å²) in [4.78, 5) is 0. The second-order valence-corrected chi connectivity index (χ2v) is 6.55. The molecule has 0 aliphatic heterocycles. The molecule has 2 rings (SSSR count). The molecule has 1 fully saturated rings. The van der Waals surface area contributed by atoms with Gasteiger partial charge in [-0.05, 0) is 18.3 Å². The van der Waals surface area contributed by atoms with Crippen LogP contribution in [-0.4, -0.2) is 21.2 Å². The fourth-order valence-electron chi connectivity index (χ4n) is 2.45. The summed E-state index contributed by atoms with van der Waals surface area (Å²) in [6.07, 6.45) is 1.88. The summed E-state index contributed by atoms with van der Waals surface area (Å²) in [5.41, 5.74) is 2.18. The van der Waals surface area contributed by atoms with Gasteiger partial charge in [-0.15, -0.1) is 11.6 Å². The Morgan fingerprint density at radius 2 is 2.17 bits per heavy atom. The van der Waals surface area contributed by atoms with Crippen molar-refractivity contribution in [2.75, 3.05) is 0 Å². The van der Waals surface area contributed by atoms with Gasteiger partial charge in [-0.2, -0.15) is 5.10 Å². The Morgan fingerprint density at radius 1 is 1.50 bits per heavy atom. The van der Waals surface area contributed by atoms with Gasteiger partial charge in [-0.25, -0.2) is 0 Å². The molecule has 0 spiro atoms. The minimum absolute atomic E-state index is 0.153. The number of rotatable bonds is 4. The number of nitrogens with one attached hydrogen (secondary N) is 1. The predicted molar refractivity (Wildman–Crippen MR) is 76.3 cm³/mol. The highest BCUT2D eigenvalue weighted by Gasteiger charge is 2.46. The van der Waals surface area contributed by atoms with Crippen molar-refractivity contribution < 1.29 is 0 Å². The van der Waals surface area contributed by atoms with E-state index in [9.17, 15) is 0 Å². The van der Waals surface area contributed by atoms with Crippen LogP contribution in [0.3, 0.4) is 0 Å². The zero-order chi connectivity index (χ0) is 13.5. The molecule has 1 aromatic heterocycles. The zero-order valence-corrected chi connectivity index (χ0v) is 12.9. The molecule has 0 radical (unpaired) electrons. The lowest BCUT2D eigenvalue weighted by Gasteiger charge is -2.49. The van der Waals surface area contributed by atoms with Crippen LogP contribution in [0.1, 0.15) is 38.6 Å². The van der Waals surface area contributed by atoms with E-state index in [1.807, 2.05) is 11.7 Å². The van der Waals surface area contributed by atoms with Crippen molar-refractivity contribution in [1.82, 2.24) is 15.1 Å². The van der Waals surface area contributed by atoms with E-state index in [2.05, 4.69) is 31.2 Å². The summed E-state index contributed by atoms with van der Waals surface area (Å²) in [7, 11) is 1.94. The number of aromatic nitrogens is 2. The van der Waals surface area contributed by atoms with E-state index in [1.165, 1.54) is 0 Å². The quantitative estimate of drug-likeness (QED) is 0.863. The highest BCUT2D eigenvalue weighted by Crippen LogP contribution is 2.44. The van der Waals surface area contributed by atoms with Crippen molar-refractivity contribution in [3.63, 3.8) is 0 Å². The van der Waals surface area contributed by atoms with Crippen molar-refractivity contribution in [3.05, 3.63) is 16.4 Å². The zero-order valence-electron chi connectivity index (χ0n) is 11.4. The van der Waals surface area contributed by atoms with Crippen LogP contribution in [-0.2, 0) is 20.0 Å². The van der Waals surface area contributed by atoms with Crippen LogP contribution in [0.5, 0.6) is 0 Å². The maximum absolute atomic E-state index is 6.32. The van der Waals surface area contributed by atoms with Gasteiger partial charge >= 0.3 is 0 Å². The Balaban J connectivity index is 2.01. The molecule has 0 amide bonds. The van der Waals surface area contributed by atoms with Crippen molar-refractivity contribution >= 4 is 23.2 Å². The van der Waals surface area contributed by atoms with Crippen LogP contribution in [0.25, 0.3) is 0 Å². The van der Waals surface area contributed by atoms with Crippen LogP contribution < -0.4 is 5.32 Å². The van der Waals surface area contributed by atoms with Crippen LogP contribution in [0.4, 0.5) is 0 Å². The molecular weight excluding hydrogens is 269 g/mol. The van der Waals surface area contributed by atoms with Crippen molar-refractivity contribution in [3.8, 4) is 0 Å². The van der Waals surface area contributed by atoms with Gasteiger partial charge in [0.1, 0.15) is 0 Å². The Kier molecular flexibility index (Phi) is 3.96. The molecule has 0 saturated heterocycles. The van der Waals surface area contributed by atoms with Gasteiger partial charge in [-0.3, -0.25) is 4.68 Å². The molecule has 2 unspecified atom stereocenters. The molecule has 18 heavy (non-hydrogen) atoms. The van der Waals surface area contributed by atoms with E-state index in [1.54, 1.807) is 0 Å². The Labute approximate surface area is 119 Å². The highest BCUT2D eigenvalue weighted by atomic mass is 35.5. The maximum atomic E-state index is 6.32. The Morgan fingerprint density at radius 3 is 2.61 bits per heavy atom. The SMILES string of the molecule is CCc1nn(C)c(CNC2CC(Cl)C2(C)C)c1Cl. The minimum Gasteiger partial charge on any atom is -0.308 e. The molecule has 3 nitrogen and oxygen atoms in total. The second-order valence-electron chi connectivity index (χ2n) is 5.64. The van der Waals surface area contributed by atoms with Gasteiger partial charge in [0.05, 0.1) is 16.4 Å². The van der Waals surface area contributed by atoms with E-state index in [-0.39, 0.29) is 10.8 Å². The highest BCUT2D eigenvalue weighted by molar-refractivity contribution is 6.31. The minimum atomic E-state index is 0.153. The average molecular weight is 290 g/mol. The summed E-state index contributed by atoms with van der Waals surface area (Å²) in [6, 6.07) is 0.455. The third kappa shape index (κ3) is 2.28. The van der Waals surface area contributed by atoms with Crippen LogP contribution >= 0.6 is 23.2 Å². The van der Waals surface area contributed by atoms with Gasteiger partial charge in [-0.1, -0.05) is 32.4 Å². The number of halogens is 2. The molecule has 1 heterocycles. The van der Waals surface area contributed by atoms with Gasteiger partial charge in [0.2, 0.25) is 0 Å². The lowest BCUT2D eigenvalue weighted by Crippen LogP contribution is -2.57. The first-order valence-electron chi connectivity index (χ1n) is 6.45. The van der Waals surface area contributed by atoms with Gasteiger partial charge in [0.15, 0.2) is 0 Å². The Hall–Kier alpha value is -0.250. The predicted octanol–water partition coefficient (Wildman–Crippen LogP) is 3.13. The second kappa shape index (κ2) is 5.03. The lowest BCUT2D eigenvalue weighted by atomic mass is 9.67. The third-order valence-corrected chi connectivity index (χ3v) is 5.34. The normalized spacial score (nSPS) is 26.1. The summed E-state index contributed by atoms with van der Waals surface area (Å²) >= 11 is 12.5. The topological polar surface area (TPSA) is 29.9 Å². The fraction of sp³-hybridized carbons (Fsp3) is 0.769. The first kappa shape index (κ1) is 14.2. The fourth-order valence-corrected chi connectivity index (χ4v) is 3.14. The summed E-state index contributed by atoms with van der Waals surface area (Å²) in [5.74, 6) is 0. The lowest BCUT2D eigenvalue weighted by molar-refractivity contribution is 0.115. The number of hydrogen-bond donors (Lipinski definition) is 1. The molecule has 5 heteroatoms. The summed E-state index contributed by atoms with van der Waals surface area (Å²) < 4.78 is 1.87. The van der Waals surface area contributed by atoms with Gasteiger partial charge < -0.3 is 5.32 Å². The molecule has 1 N–H and O–H groups in total. The largest absolute Gasteiger partial charge is 0.308 e. The van der Waals surface area contributed by atoms with E-state index < -0.39 is 0 Å². The van der Waals surface area contributed by atoms with Crippen molar-refractivity contribution in [1.29, 1.82) is 0 Å². The van der Waals surface area contributed by atoms with Crippen molar-refractivity contribution in [2.24, 2.45) is 12.5 Å². The maximum Gasteiger partial charge on any atom is 0.0863 e. The van der Waals surface area contributed by atoms with Gasteiger partial charge in [0.25, 0.3) is 0 Å². The van der Waals surface area contributed by atoms with Crippen LogP contribution in [0.2, 0.25) is 5.02 Å². The molecule has 0 bridgehead atoms. The summed E-state index contributed by atoms with van der Waals surface area (Å²) in [6.45, 7) is 7.22.